The van der Waals surface area contributed by atoms with Crippen LogP contribution in [0.2, 0.25) is 0 Å². The zero-order chi connectivity index (χ0) is 28.1. The van der Waals surface area contributed by atoms with Crippen molar-refractivity contribution < 1.29 is 41.9 Å². The number of carbonyl (C=O) groups is 2. The van der Waals surface area contributed by atoms with Crippen molar-refractivity contribution in [1.29, 1.82) is 0 Å². The van der Waals surface area contributed by atoms with Gasteiger partial charge in [-0.05, 0) is 54.4 Å². The Bertz CT molecular complexity index is 1090. The molecule has 1 aliphatic rings. The minimum absolute atomic E-state index is 0.111. The normalized spacial score (nSPS) is 20.6. The molecule has 0 spiro atoms. The molecule has 1 N–H and O–H groups in total. The van der Waals surface area contributed by atoms with Crippen LogP contribution in [-0.4, -0.2) is 53.2 Å². The molecule has 0 bridgehead atoms. The number of H-pyrrole nitrogens is 1. The lowest BCUT2D eigenvalue weighted by atomic mass is 9.98. The third-order valence-corrected chi connectivity index (χ3v) is 6.93. The number of esters is 2. The number of phosphoric acid groups is 1. The molecule has 2 atom stereocenters. The highest BCUT2D eigenvalue weighted by Gasteiger charge is 2.44. The quantitative estimate of drug-likeness (QED) is 0.181. The predicted molar refractivity (Wildman–Crippen MR) is 131 cm³/mol. The Labute approximate surface area is 219 Å². The Kier molecular flexibility index (Phi) is 10.3. The molecule has 15 heteroatoms. The number of aromatic nitrogens is 2. The lowest BCUT2D eigenvalue weighted by Crippen LogP contribution is -2.38. The van der Waals surface area contributed by atoms with Crippen molar-refractivity contribution in [2.24, 2.45) is 10.8 Å². The molecule has 13 nitrogen and oxygen atoms in total. The number of hydrogen-bond donors (Lipinski definition) is 1. The van der Waals surface area contributed by atoms with Crippen LogP contribution in [0.15, 0.2) is 21.9 Å². The number of aromatic amines is 1. The molecule has 1 aliphatic heterocycles. The Morgan fingerprint density at radius 1 is 1.08 bits per heavy atom. The first kappa shape index (κ1) is 31.2. The fraction of sp³-hybridized carbons (Fsp3) is 0.727. The summed E-state index contributed by atoms with van der Waals surface area (Å²) in [4.78, 5) is 49.7. The van der Waals surface area contributed by atoms with Gasteiger partial charge in [-0.15, -0.1) is 11.6 Å². The molecular formula is C22H34ClN2O11P. The van der Waals surface area contributed by atoms with E-state index in [1.54, 1.807) is 41.5 Å². The molecule has 210 valence electrons. The second-order valence-electron chi connectivity index (χ2n) is 10.5. The van der Waals surface area contributed by atoms with Gasteiger partial charge in [0.1, 0.15) is 11.8 Å². The summed E-state index contributed by atoms with van der Waals surface area (Å²) in [6.07, 6.45) is 1.15. The summed E-state index contributed by atoms with van der Waals surface area (Å²) in [7, 11) is -4.46. The first-order chi connectivity index (χ1) is 17.0. The molecule has 0 radical (unpaired) electrons. The number of nitrogens with zero attached hydrogens (tertiary/aromatic N) is 1. The summed E-state index contributed by atoms with van der Waals surface area (Å²) < 4.78 is 46.1. The second kappa shape index (κ2) is 12.2. The van der Waals surface area contributed by atoms with Crippen LogP contribution in [0.3, 0.4) is 0 Å². The summed E-state index contributed by atoms with van der Waals surface area (Å²) in [6.45, 7) is 7.83. The van der Waals surface area contributed by atoms with E-state index in [2.05, 4.69) is 4.98 Å². The van der Waals surface area contributed by atoms with Crippen molar-refractivity contribution in [3.63, 3.8) is 0 Å². The first-order valence-corrected chi connectivity index (χ1v) is 13.4. The zero-order valence-corrected chi connectivity index (χ0v) is 23.4. The number of phosphoric ester groups is 1. The van der Waals surface area contributed by atoms with Crippen molar-refractivity contribution in [1.82, 2.24) is 9.55 Å². The predicted octanol–water partition coefficient (Wildman–Crippen LogP) is 3.07. The first-order valence-electron chi connectivity index (χ1n) is 11.4. The Morgan fingerprint density at radius 3 is 2.08 bits per heavy atom. The van der Waals surface area contributed by atoms with Gasteiger partial charge in [-0.1, -0.05) is 0 Å². The smallest absolute Gasteiger partial charge is 0.437 e. The van der Waals surface area contributed by atoms with E-state index in [4.69, 9.17) is 39.4 Å². The van der Waals surface area contributed by atoms with Crippen LogP contribution in [-0.2, 0) is 41.9 Å². The molecular weight excluding hydrogens is 535 g/mol. The maximum Gasteiger partial charge on any atom is 0.480 e. The highest BCUT2D eigenvalue weighted by atomic mass is 35.5. The van der Waals surface area contributed by atoms with E-state index in [-0.39, 0.29) is 5.88 Å². The summed E-state index contributed by atoms with van der Waals surface area (Å²) in [5.41, 5.74) is -4.10. The molecule has 0 amide bonds. The number of alkyl halides is 1. The summed E-state index contributed by atoms with van der Waals surface area (Å²) in [5.74, 6) is -1.35. The van der Waals surface area contributed by atoms with Crippen LogP contribution in [0, 0.1) is 10.8 Å². The van der Waals surface area contributed by atoms with Gasteiger partial charge in [0.25, 0.3) is 5.56 Å². The van der Waals surface area contributed by atoms with E-state index in [1.807, 2.05) is 0 Å². The molecule has 0 saturated carbocycles. The van der Waals surface area contributed by atoms with E-state index in [9.17, 15) is 23.7 Å². The number of rotatable bonds is 11. The van der Waals surface area contributed by atoms with Gasteiger partial charge in [0.2, 0.25) is 13.6 Å². The molecule has 0 aromatic carbocycles. The Balaban J connectivity index is 2.10. The Morgan fingerprint density at radius 2 is 1.62 bits per heavy atom. The van der Waals surface area contributed by atoms with E-state index in [1.165, 1.54) is 16.8 Å². The molecule has 2 unspecified atom stereocenters. The number of halogens is 1. The lowest BCUT2D eigenvalue weighted by Gasteiger charge is -2.29. The van der Waals surface area contributed by atoms with Crippen LogP contribution in [0.5, 0.6) is 0 Å². The van der Waals surface area contributed by atoms with Gasteiger partial charge < -0.3 is 14.2 Å². The summed E-state index contributed by atoms with van der Waals surface area (Å²) in [5, 5.41) is 0. The summed E-state index contributed by atoms with van der Waals surface area (Å²) >= 11 is 6.14. The average Bonchev–Trinajstić information content (AvgIpc) is 3.21. The molecule has 37 heavy (non-hydrogen) atoms. The molecule has 1 aromatic heterocycles. The van der Waals surface area contributed by atoms with Crippen LogP contribution >= 0.6 is 19.4 Å². The van der Waals surface area contributed by atoms with Gasteiger partial charge in [0, 0.05) is 12.3 Å². The minimum Gasteiger partial charge on any atom is -0.437 e. The van der Waals surface area contributed by atoms with Crippen LogP contribution in [0.1, 0.15) is 60.6 Å². The van der Waals surface area contributed by atoms with E-state index in [0.29, 0.717) is 12.8 Å². The van der Waals surface area contributed by atoms with Crippen molar-refractivity contribution in [2.75, 3.05) is 26.1 Å². The summed E-state index contributed by atoms with van der Waals surface area (Å²) in [6, 6.07) is 1.18. The van der Waals surface area contributed by atoms with Gasteiger partial charge in [-0.25, -0.2) is 18.4 Å². The van der Waals surface area contributed by atoms with Crippen LogP contribution in [0.4, 0.5) is 0 Å². The molecule has 2 heterocycles. The standard InChI is InChI=1S/C22H34ClN2O11P/c1-20(2,3)17(27)31-13-34-37(30,35-14-32-18(28)21(4,5)6)33-12-22(11-23)9-7-16(36-22)25-10-8-15(26)24-19(25)29/h8,10,16H,7,9,11-14H2,1-6H3,(H,24,26,29). The zero-order valence-electron chi connectivity index (χ0n) is 21.7. The third-order valence-electron chi connectivity index (χ3n) is 5.15. The molecule has 1 saturated heterocycles. The average molecular weight is 569 g/mol. The maximum atomic E-state index is 13.3. The molecule has 1 aromatic rings. The fourth-order valence-electron chi connectivity index (χ4n) is 2.92. The number of nitrogens with one attached hydrogen (secondary N) is 1. The monoisotopic (exact) mass is 568 g/mol. The minimum atomic E-state index is -4.46. The van der Waals surface area contributed by atoms with Crippen LogP contribution in [0.25, 0.3) is 0 Å². The molecule has 2 rings (SSSR count). The highest BCUT2D eigenvalue weighted by Crippen LogP contribution is 2.51. The van der Waals surface area contributed by atoms with E-state index in [0.717, 1.165) is 0 Å². The molecule has 0 aliphatic carbocycles. The van der Waals surface area contributed by atoms with Crippen molar-refractivity contribution in [3.8, 4) is 0 Å². The van der Waals surface area contributed by atoms with Crippen molar-refractivity contribution in [3.05, 3.63) is 33.1 Å². The topological polar surface area (TPSA) is 161 Å². The van der Waals surface area contributed by atoms with Crippen LogP contribution < -0.4 is 11.2 Å². The molecule has 1 fully saturated rings. The van der Waals surface area contributed by atoms with E-state index >= 15 is 0 Å². The SMILES string of the molecule is CC(C)(C)C(=O)OCOP(=O)(OCOC(=O)C(C)(C)C)OCC1(CCl)CCC(n2ccc(=O)[nH]c2=O)O1. The van der Waals surface area contributed by atoms with Gasteiger partial charge in [0.15, 0.2) is 0 Å². The van der Waals surface area contributed by atoms with Crippen molar-refractivity contribution >= 4 is 31.4 Å². The number of hydrogen-bond acceptors (Lipinski definition) is 11. The van der Waals surface area contributed by atoms with Gasteiger partial charge >= 0.3 is 25.5 Å². The van der Waals surface area contributed by atoms with E-state index < -0.39 is 73.9 Å². The largest absolute Gasteiger partial charge is 0.480 e. The fourth-order valence-corrected chi connectivity index (χ4v) is 4.17. The lowest BCUT2D eigenvalue weighted by molar-refractivity contribution is -0.164. The second-order valence-corrected chi connectivity index (χ2v) is 12.5. The highest BCUT2D eigenvalue weighted by molar-refractivity contribution is 7.48. The number of ether oxygens (including phenoxy) is 3. The van der Waals surface area contributed by atoms with Gasteiger partial charge in [-0.3, -0.25) is 28.5 Å². The maximum absolute atomic E-state index is 13.3. The third kappa shape index (κ3) is 9.05. The number of carbonyl (C=O) groups excluding carboxylic acids is 2. The Hall–Kier alpha value is -2.02. The van der Waals surface area contributed by atoms with Gasteiger partial charge in [0.05, 0.1) is 23.3 Å². The van der Waals surface area contributed by atoms with Crippen molar-refractivity contribution in [2.45, 2.75) is 66.2 Å². The van der Waals surface area contributed by atoms with Gasteiger partial charge in [-0.2, -0.15) is 0 Å².